The van der Waals surface area contributed by atoms with Gasteiger partial charge in [0.15, 0.2) is 0 Å². The van der Waals surface area contributed by atoms with Gasteiger partial charge in [0.1, 0.15) is 0 Å². The van der Waals surface area contributed by atoms with Gasteiger partial charge in [-0.2, -0.15) is 13.2 Å². The van der Waals surface area contributed by atoms with Crippen LogP contribution in [0.2, 0.25) is 0 Å². The van der Waals surface area contributed by atoms with Crippen molar-refractivity contribution >= 4 is 0 Å². The van der Waals surface area contributed by atoms with Gasteiger partial charge >= 0.3 is 6.18 Å². The largest absolute Gasteiger partial charge is 0.416 e. The van der Waals surface area contributed by atoms with Crippen molar-refractivity contribution < 1.29 is 13.2 Å². The molecule has 1 aliphatic carbocycles. The number of benzene rings is 1. The van der Waals surface area contributed by atoms with Gasteiger partial charge in [-0.25, -0.2) is 0 Å². The summed E-state index contributed by atoms with van der Waals surface area (Å²) >= 11 is 0. The molecule has 86 valence electrons. The number of halogens is 3. The molecular formula is C12H12F3N. The summed E-state index contributed by atoms with van der Waals surface area (Å²) in [5, 5.41) is 3.27. The van der Waals surface area contributed by atoms with Crippen molar-refractivity contribution in [1.82, 2.24) is 5.32 Å². The van der Waals surface area contributed by atoms with Gasteiger partial charge in [-0.15, -0.1) is 0 Å². The second kappa shape index (κ2) is 3.23. The second-order valence-electron chi connectivity index (χ2n) is 4.63. The summed E-state index contributed by atoms with van der Waals surface area (Å²) in [6, 6.07) is 4.21. The minimum absolute atomic E-state index is 0.274. The molecule has 4 heteroatoms. The molecule has 3 rings (SSSR count). The van der Waals surface area contributed by atoms with Crippen LogP contribution in [-0.2, 0) is 6.18 Å². The molecule has 1 N–H and O–H groups in total. The lowest BCUT2D eigenvalue weighted by Crippen LogP contribution is -2.28. The smallest absolute Gasteiger partial charge is 0.316 e. The molecule has 2 atom stereocenters. The van der Waals surface area contributed by atoms with Crippen molar-refractivity contribution in [3.8, 4) is 0 Å². The van der Waals surface area contributed by atoms with Gasteiger partial charge in [0.25, 0.3) is 0 Å². The SMILES string of the molecule is FC(F)(F)c1ccc2c(c1)[C@@H]1CNC[C@H]2C1. The molecule has 16 heavy (non-hydrogen) atoms. The highest BCUT2D eigenvalue weighted by Crippen LogP contribution is 2.45. The molecule has 2 bridgehead atoms. The number of alkyl halides is 3. The van der Waals surface area contributed by atoms with Crippen LogP contribution >= 0.6 is 0 Å². The Labute approximate surface area is 91.7 Å². The van der Waals surface area contributed by atoms with Crippen LogP contribution in [0.1, 0.15) is 34.9 Å². The van der Waals surface area contributed by atoms with Crippen molar-refractivity contribution in [3.05, 3.63) is 34.9 Å². The second-order valence-corrected chi connectivity index (χ2v) is 4.63. The zero-order chi connectivity index (χ0) is 11.3. The van der Waals surface area contributed by atoms with Gasteiger partial charge in [0, 0.05) is 13.1 Å². The predicted molar refractivity (Wildman–Crippen MR) is 54.4 cm³/mol. The number of hydrogen-bond donors (Lipinski definition) is 1. The first-order valence-electron chi connectivity index (χ1n) is 5.47. The maximum absolute atomic E-state index is 12.6. The lowest BCUT2D eigenvalue weighted by atomic mass is 9.98. The fraction of sp³-hybridized carbons (Fsp3) is 0.500. The van der Waals surface area contributed by atoms with E-state index in [1.54, 1.807) is 6.07 Å². The van der Waals surface area contributed by atoms with E-state index in [1.807, 2.05) is 0 Å². The molecule has 0 saturated carbocycles. The highest BCUT2D eigenvalue weighted by atomic mass is 19.4. The van der Waals surface area contributed by atoms with Crippen LogP contribution in [0.3, 0.4) is 0 Å². The zero-order valence-electron chi connectivity index (χ0n) is 8.64. The molecule has 1 saturated heterocycles. The molecular weight excluding hydrogens is 215 g/mol. The lowest BCUT2D eigenvalue weighted by molar-refractivity contribution is -0.137. The molecule has 0 unspecified atom stereocenters. The fourth-order valence-electron chi connectivity index (χ4n) is 2.89. The van der Waals surface area contributed by atoms with Gasteiger partial charge in [-0.3, -0.25) is 0 Å². The molecule has 2 aliphatic rings. The Morgan fingerprint density at radius 2 is 1.75 bits per heavy atom. The number of piperidine rings is 1. The third-order valence-corrected chi connectivity index (χ3v) is 3.64. The van der Waals surface area contributed by atoms with Crippen molar-refractivity contribution in [2.24, 2.45) is 0 Å². The van der Waals surface area contributed by atoms with Gasteiger partial charge in [-0.05, 0) is 41.5 Å². The van der Waals surface area contributed by atoms with E-state index in [2.05, 4.69) is 5.32 Å². The first kappa shape index (κ1) is 10.1. The summed E-state index contributed by atoms with van der Waals surface area (Å²) < 4.78 is 37.8. The van der Waals surface area contributed by atoms with Crippen LogP contribution in [0.15, 0.2) is 18.2 Å². The normalized spacial score (nSPS) is 27.9. The van der Waals surface area contributed by atoms with Crippen molar-refractivity contribution in [2.75, 3.05) is 13.1 Å². The summed E-state index contributed by atoms with van der Waals surface area (Å²) in [5.41, 5.74) is 1.51. The maximum atomic E-state index is 12.6. The van der Waals surface area contributed by atoms with Crippen LogP contribution in [0.5, 0.6) is 0 Å². The van der Waals surface area contributed by atoms with E-state index in [0.29, 0.717) is 5.92 Å². The van der Waals surface area contributed by atoms with Crippen molar-refractivity contribution in [1.29, 1.82) is 0 Å². The minimum Gasteiger partial charge on any atom is -0.316 e. The van der Waals surface area contributed by atoms with Crippen LogP contribution in [0.4, 0.5) is 13.2 Å². The van der Waals surface area contributed by atoms with E-state index in [4.69, 9.17) is 0 Å². The van der Waals surface area contributed by atoms with E-state index in [0.717, 1.165) is 30.6 Å². The first-order chi connectivity index (χ1) is 7.55. The average molecular weight is 227 g/mol. The van der Waals surface area contributed by atoms with E-state index in [-0.39, 0.29) is 5.92 Å². The third-order valence-electron chi connectivity index (χ3n) is 3.64. The number of rotatable bonds is 0. The Bertz CT molecular complexity index is 425. The van der Waals surface area contributed by atoms with Crippen molar-refractivity contribution in [3.63, 3.8) is 0 Å². The number of fused-ring (bicyclic) bond motifs is 5. The van der Waals surface area contributed by atoms with Crippen LogP contribution in [0, 0.1) is 0 Å². The third kappa shape index (κ3) is 1.44. The summed E-state index contributed by atoms with van der Waals surface area (Å²) in [6.07, 6.45) is -3.22. The Kier molecular flexibility index (Phi) is 2.05. The Morgan fingerprint density at radius 3 is 2.44 bits per heavy atom. The molecule has 0 spiro atoms. The van der Waals surface area contributed by atoms with Gasteiger partial charge in [0.05, 0.1) is 5.56 Å². The van der Waals surface area contributed by atoms with Gasteiger partial charge in [-0.1, -0.05) is 6.07 Å². The Morgan fingerprint density at radius 1 is 1.06 bits per heavy atom. The summed E-state index contributed by atoms with van der Waals surface area (Å²) in [6.45, 7) is 1.71. The minimum atomic E-state index is -4.22. The summed E-state index contributed by atoms with van der Waals surface area (Å²) in [7, 11) is 0. The number of hydrogen-bond acceptors (Lipinski definition) is 1. The van der Waals surface area contributed by atoms with Gasteiger partial charge < -0.3 is 5.32 Å². The van der Waals surface area contributed by atoms with Crippen LogP contribution < -0.4 is 5.32 Å². The Hall–Kier alpha value is -1.03. The molecule has 1 nitrogen and oxygen atoms in total. The van der Waals surface area contributed by atoms with E-state index in [9.17, 15) is 13.2 Å². The predicted octanol–water partition coefficient (Wildman–Crippen LogP) is 2.88. The highest BCUT2D eigenvalue weighted by Gasteiger charge is 2.37. The molecule has 1 aromatic carbocycles. The monoisotopic (exact) mass is 227 g/mol. The zero-order valence-corrected chi connectivity index (χ0v) is 8.64. The lowest BCUT2D eigenvalue weighted by Gasteiger charge is -2.19. The summed E-state index contributed by atoms with van der Waals surface area (Å²) in [5.74, 6) is 0.687. The maximum Gasteiger partial charge on any atom is 0.416 e. The van der Waals surface area contributed by atoms with E-state index in [1.165, 1.54) is 12.1 Å². The van der Waals surface area contributed by atoms with Crippen LogP contribution in [0.25, 0.3) is 0 Å². The fourth-order valence-corrected chi connectivity index (χ4v) is 2.89. The summed E-state index contributed by atoms with van der Waals surface area (Å²) in [4.78, 5) is 0. The molecule has 0 radical (unpaired) electrons. The highest BCUT2D eigenvalue weighted by molar-refractivity contribution is 5.43. The molecule has 1 fully saturated rings. The molecule has 1 aliphatic heterocycles. The Balaban J connectivity index is 2.07. The van der Waals surface area contributed by atoms with E-state index >= 15 is 0 Å². The first-order valence-corrected chi connectivity index (χ1v) is 5.47. The molecule has 1 aromatic rings. The molecule has 0 aromatic heterocycles. The van der Waals surface area contributed by atoms with Crippen LogP contribution in [-0.4, -0.2) is 13.1 Å². The van der Waals surface area contributed by atoms with E-state index < -0.39 is 11.7 Å². The topological polar surface area (TPSA) is 12.0 Å². The number of nitrogens with one attached hydrogen (secondary N) is 1. The van der Waals surface area contributed by atoms with Gasteiger partial charge in [0.2, 0.25) is 0 Å². The molecule has 1 heterocycles. The average Bonchev–Trinajstić information content (AvgIpc) is 2.50. The quantitative estimate of drug-likeness (QED) is 0.718. The molecule has 0 amide bonds. The standard InChI is InChI=1S/C12H12F3N/c13-12(14,15)9-1-2-10-7-3-8(6-16-5-7)11(10)4-9/h1-2,4,7-8,16H,3,5-6H2/t7-,8+/m1/s1. The van der Waals surface area contributed by atoms with Crippen molar-refractivity contribution in [2.45, 2.75) is 24.4 Å².